The third kappa shape index (κ3) is 4.57. The Labute approximate surface area is 196 Å². The van der Waals surface area contributed by atoms with Crippen molar-refractivity contribution in [3.05, 3.63) is 89.6 Å². The molecule has 34 heavy (non-hydrogen) atoms. The molecule has 0 saturated carbocycles. The van der Waals surface area contributed by atoms with Gasteiger partial charge in [0.2, 0.25) is 11.7 Å². The first-order chi connectivity index (χ1) is 16.6. The second-order valence-corrected chi connectivity index (χ2v) is 8.29. The largest absolute Gasteiger partial charge is 0.497 e. The van der Waals surface area contributed by atoms with Gasteiger partial charge >= 0.3 is 0 Å². The van der Waals surface area contributed by atoms with Crippen molar-refractivity contribution in [3.8, 4) is 17.0 Å². The van der Waals surface area contributed by atoms with Crippen LogP contribution in [0.5, 0.6) is 5.75 Å². The van der Waals surface area contributed by atoms with Gasteiger partial charge in [-0.1, -0.05) is 29.4 Å². The molecule has 0 radical (unpaired) electrons. The molecule has 1 amide bonds. The number of piperidine rings is 1. The van der Waals surface area contributed by atoms with Crippen LogP contribution in [0.15, 0.2) is 69.7 Å². The van der Waals surface area contributed by atoms with Gasteiger partial charge in [0.05, 0.1) is 13.3 Å². The van der Waals surface area contributed by atoms with Crippen LogP contribution in [0.25, 0.3) is 11.3 Å². The van der Waals surface area contributed by atoms with Gasteiger partial charge in [-0.05, 0) is 49.1 Å². The van der Waals surface area contributed by atoms with Crippen molar-refractivity contribution < 1.29 is 22.9 Å². The zero-order valence-electron chi connectivity index (χ0n) is 18.7. The molecule has 0 bridgehead atoms. The molecule has 1 aliphatic rings. The van der Waals surface area contributed by atoms with Crippen molar-refractivity contribution in [1.82, 2.24) is 15.0 Å². The average molecular weight is 461 g/mol. The summed E-state index contributed by atoms with van der Waals surface area (Å²) in [6.07, 6.45) is 4.66. The van der Waals surface area contributed by atoms with E-state index in [0.29, 0.717) is 36.1 Å². The van der Waals surface area contributed by atoms with E-state index in [9.17, 15) is 9.18 Å². The monoisotopic (exact) mass is 461 g/mol. The summed E-state index contributed by atoms with van der Waals surface area (Å²) in [5, 5.41) is 4.09. The lowest BCUT2D eigenvalue weighted by Gasteiger charge is -2.32. The summed E-state index contributed by atoms with van der Waals surface area (Å²) in [7, 11) is 1.60. The zero-order chi connectivity index (χ0) is 23.5. The molecular formula is C26H24FN3O4. The molecule has 0 aliphatic carbocycles. The number of aromatic nitrogens is 2. The minimum Gasteiger partial charge on any atom is -0.497 e. The molecule has 8 heteroatoms. The molecule has 2 aromatic carbocycles. The number of carbonyl (C=O) groups excluding carboxylic acids is 1. The molecule has 0 N–H and O–H groups in total. The average Bonchev–Trinajstić information content (AvgIpc) is 3.54. The number of amides is 1. The quantitative estimate of drug-likeness (QED) is 0.381. The van der Waals surface area contributed by atoms with Crippen LogP contribution < -0.4 is 4.74 Å². The number of likely N-dealkylation sites (tertiary alicyclic amines) is 1. The number of halogens is 1. The van der Waals surface area contributed by atoms with Crippen molar-refractivity contribution in [3.63, 3.8) is 0 Å². The Bertz CT molecular complexity index is 1300. The van der Waals surface area contributed by atoms with Crippen LogP contribution in [0.3, 0.4) is 0 Å². The van der Waals surface area contributed by atoms with Gasteiger partial charge in [-0.15, -0.1) is 0 Å². The molecule has 0 unspecified atom stereocenters. The van der Waals surface area contributed by atoms with Gasteiger partial charge in [0.1, 0.15) is 29.1 Å². The van der Waals surface area contributed by atoms with Gasteiger partial charge in [0.15, 0.2) is 0 Å². The van der Waals surface area contributed by atoms with E-state index in [-0.39, 0.29) is 23.5 Å². The number of ether oxygens (including phenoxy) is 1. The van der Waals surface area contributed by atoms with Crippen LogP contribution in [0.1, 0.15) is 53.1 Å². The van der Waals surface area contributed by atoms with Crippen LogP contribution in [0.2, 0.25) is 0 Å². The Balaban J connectivity index is 1.34. The molecule has 1 aliphatic heterocycles. The maximum atomic E-state index is 13.5. The Morgan fingerprint density at radius 2 is 2.06 bits per heavy atom. The predicted molar refractivity (Wildman–Crippen MR) is 122 cm³/mol. The molecule has 174 valence electrons. The first kappa shape index (κ1) is 21.9. The molecule has 5 rings (SSSR count). The van der Waals surface area contributed by atoms with Crippen molar-refractivity contribution >= 4 is 5.91 Å². The Morgan fingerprint density at radius 3 is 2.91 bits per heavy atom. The maximum absolute atomic E-state index is 13.5. The lowest BCUT2D eigenvalue weighted by Crippen LogP contribution is -2.38. The summed E-state index contributed by atoms with van der Waals surface area (Å²) < 4.78 is 30.2. The molecule has 7 nitrogen and oxygen atoms in total. The summed E-state index contributed by atoms with van der Waals surface area (Å²) in [5.41, 5.74) is 2.15. The smallest absolute Gasteiger partial charge is 0.293 e. The van der Waals surface area contributed by atoms with E-state index >= 15 is 0 Å². The number of carbonyl (C=O) groups is 1. The SMILES string of the molecule is COc1cccc(-c2cc(C(=O)N3CCCC[C@H]3c3ncc(Cc4cccc(F)c4)o3)on2)c1. The zero-order valence-corrected chi connectivity index (χ0v) is 18.7. The number of benzene rings is 2. The lowest BCUT2D eigenvalue weighted by atomic mass is 10.0. The van der Waals surface area contributed by atoms with Crippen LogP contribution in [0.4, 0.5) is 4.39 Å². The second-order valence-electron chi connectivity index (χ2n) is 8.29. The summed E-state index contributed by atoms with van der Waals surface area (Å²) in [6, 6.07) is 15.1. The first-order valence-electron chi connectivity index (χ1n) is 11.2. The van der Waals surface area contributed by atoms with E-state index in [4.69, 9.17) is 13.7 Å². The highest BCUT2D eigenvalue weighted by Crippen LogP contribution is 2.33. The fourth-order valence-corrected chi connectivity index (χ4v) is 4.27. The fourth-order valence-electron chi connectivity index (χ4n) is 4.27. The van der Waals surface area contributed by atoms with E-state index in [1.165, 1.54) is 12.1 Å². The third-order valence-corrected chi connectivity index (χ3v) is 5.97. The molecule has 1 saturated heterocycles. The topological polar surface area (TPSA) is 81.6 Å². The van der Waals surface area contributed by atoms with E-state index < -0.39 is 0 Å². The number of rotatable bonds is 6. The molecular weight excluding hydrogens is 437 g/mol. The van der Waals surface area contributed by atoms with Gasteiger partial charge < -0.3 is 18.6 Å². The highest BCUT2D eigenvalue weighted by molar-refractivity contribution is 5.92. The van der Waals surface area contributed by atoms with Crippen LogP contribution >= 0.6 is 0 Å². The Hall–Kier alpha value is -3.94. The molecule has 4 aromatic rings. The van der Waals surface area contributed by atoms with Gasteiger partial charge in [0, 0.05) is 24.6 Å². The standard InChI is InChI=1S/C26H24FN3O4/c1-32-20-9-5-7-18(14-20)22-15-24(34-29-22)26(31)30-11-3-2-10-23(30)25-28-16-21(33-25)13-17-6-4-8-19(27)12-17/h4-9,12,14-16,23H,2-3,10-11,13H2,1H3/t23-/m0/s1. The van der Waals surface area contributed by atoms with E-state index in [0.717, 1.165) is 30.4 Å². The van der Waals surface area contributed by atoms with Crippen molar-refractivity contribution in [2.45, 2.75) is 31.7 Å². The van der Waals surface area contributed by atoms with Crippen molar-refractivity contribution in [2.75, 3.05) is 13.7 Å². The van der Waals surface area contributed by atoms with Gasteiger partial charge in [-0.25, -0.2) is 9.37 Å². The lowest BCUT2D eigenvalue weighted by molar-refractivity contribution is 0.0528. The van der Waals surface area contributed by atoms with Crippen LogP contribution in [0, 0.1) is 5.82 Å². The number of oxazole rings is 1. The molecule has 0 spiro atoms. The van der Waals surface area contributed by atoms with Crippen LogP contribution in [-0.4, -0.2) is 34.6 Å². The number of nitrogens with zero attached hydrogens (tertiary/aromatic N) is 3. The van der Waals surface area contributed by atoms with Gasteiger partial charge in [-0.3, -0.25) is 4.79 Å². The summed E-state index contributed by atoms with van der Waals surface area (Å²) in [5.74, 6) is 1.42. The predicted octanol–water partition coefficient (Wildman–Crippen LogP) is 5.44. The normalized spacial score (nSPS) is 15.9. The number of methoxy groups -OCH3 is 1. The summed E-state index contributed by atoms with van der Waals surface area (Å²) >= 11 is 0. The number of hydrogen-bond acceptors (Lipinski definition) is 6. The minimum absolute atomic E-state index is 0.163. The molecule has 1 fully saturated rings. The highest BCUT2D eigenvalue weighted by atomic mass is 19.1. The molecule has 2 aromatic heterocycles. The second kappa shape index (κ2) is 9.51. The van der Waals surface area contributed by atoms with Gasteiger partial charge in [0.25, 0.3) is 5.91 Å². The number of hydrogen-bond donors (Lipinski definition) is 0. The molecule has 1 atom stereocenters. The van der Waals surface area contributed by atoms with Gasteiger partial charge in [-0.2, -0.15) is 0 Å². The minimum atomic E-state index is -0.298. The Morgan fingerprint density at radius 1 is 1.18 bits per heavy atom. The third-order valence-electron chi connectivity index (χ3n) is 5.97. The Kier molecular flexibility index (Phi) is 6.12. The van der Waals surface area contributed by atoms with E-state index in [1.807, 2.05) is 30.3 Å². The molecule has 3 heterocycles. The van der Waals surface area contributed by atoms with E-state index in [1.54, 1.807) is 30.3 Å². The van der Waals surface area contributed by atoms with Crippen LogP contribution in [-0.2, 0) is 6.42 Å². The maximum Gasteiger partial charge on any atom is 0.293 e. The van der Waals surface area contributed by atoms with Crippen molar-refractivity contribution in [1.29, 1.82) is 0 Å². The van der Waals surface area contributed by atoms with Crippen molar-refractivity contribution in [2.24, 2.45) is 0 Å². The van der Waals surface area contributed by atoms with E-state index in [2.05, 4.69) is 10.1 Å². The summed E-state index contributed by atoms with van der Waals surface area (Å²) in [4.78, 5) is 19.5. The highest BCUT2D eigenvalue weighted by Gasteiger charge is 2.34. The first-order valence-corrected chi connectivity index (χ1v) is 11.2. The fraction of sp³-hybridized carbons (Fsp3) is 0.269. The summed E-state index contributed by atoms with van der Waals surface area (Å²) in [6.45, 7) is 0.570.